The van der Waals surface area contributed by atoms with Crippen molar-refractivity contribution in [3.8, 4) is 0 Å². The molecule has 0 spiro atoms. The summed E-state index contributed by atoms with van der Waals surface area (Å²) in [6, 6.07) is 8.43. The van der Waals surface area contributed by atoms with Crippen LogP contribution in [0.5, 0.6) is 0 Å². The van der Waals surface area contributed by atoms with Crippen LogP contribution in [-0.2, 0) is 14.0 Å². The number of thioether (sulfide) groups is 1. The van der Waals surface area contributed by atoms with Crippen LogP contribution in [0.1, 0.15) is 39.2 Å². The van der Waals surface area contributed by atoms with Gasteiger partial charge >= 0.3 is 5.97 Å². The zero-order chi connectivity index (χ0) is 17.7. The van der Waals surface area contributed by atoms with Gasteiger partial charge in [0.2, 0.25) is 0 Å². The normalized spacial score (nSPS) is 13.7. The molecule has 0 radical (unpaired) electrons. The number of benzene rings is 1. The van der Waals surface area contributed by atoms with Crippen molar-refractivity contribution in [3.05, 3.63) is 29.8 Å². The number of carbonyl (C=O) groups excluding carboxylic acids is 1. The Kier molecular flexibility index (Phi) is 7.36. The van der Waals surface area contributed by atoms with Crippen molar-refractivity contribution in [1.82, 2.24) is 0 Å². The number of esters is 1. The zero-order valence-corrected chi connectivity index (χ0v) is 17.3. The summed E-state index contributed by atoms with van der Waals surface area (Å²) in [5.41, 5.74) is 1.21. The molecule has 5 heteroatoms. The van der Waals surface area contributed by atoms with Crippen LogP contribution in [0, 0.1) is 6.92 Å². The molecule has 0 aliphatic carbocycles. The maximum Gasteiger partial charge on any atom is 0.305 e. The lowest BCUT2D eigenvalue weighted by Gasteiger charge is -2.39. The molecule has 23 heavy (non-hydrogen) atoms. The Balaban J connectivity index is 2.83. The fourth-order valence-corrected chi connectivity index (χ4v) is 4.63. The van der Waals surface area contributed by atoms with E-state index in [0.717, 1.165) is 0 Å². The average molecular weight is 355 g/mol. The predicted octanol–water partition coefficient (Wildman–Crippen LogP) is 5.39. The summed E-state index contributed by atoms with van der Waals surface area (Å²) < 4.78 is 11.3. The van der Waals surface area contributed by atoms with E-state index >= 15 is 0 Å². The number of hydrogen-bond acceptors (Lipinski definition) is 4. The van der Waals surface area contributed by atoms with E-state index in [-0.39, 0.29) is 16.4 Å². The van der Waals surface area contributed by atoms with Crippen LogP contribution in [0.4, 0.5) is 0 Å². The molecule has 0 N–H and O–H groups in total. The van der Waals surface area contributed by atoms with Gasteiger partial charge in [-0.05, 0) is 43.6 Å². The van der Waals surface area contributed by atoms with Gasteiger partial charge in [-0.1, -0.05) is 50.2 Å². The highest BCUT2D eigenvalue weighted by Crippen LogP contribution is 2.40. The largest absolute Gasteiger partial charge is 0.469 e. The monoisotopic (exact) mass is 354 g/mol. The molecule has 1 aromatic carbocycles. The van der Waals surface area contributed by atoms with Gasteiger partial charge < -0.3 is 9.16 Å². The van der Waals surface area contributed by atoms with E-state index in [1.165, 1.54) is 17.6 Å². The second-order valence-corrected chi connectivity index (χ2v) is 13.3. The third-order valence-electron chi connectivity index (χ3n) is 4.33. The minimum absolute atomic E-state index is 0.0299. The van der Waals surface area contributed by atoms with Crippen molar-refractivity contribution in [2.75, 3.05) is 7.11 Å². The van der Waals surface area contributed by atoms with Gasteiger partial charge in [0, 0.05) is 11.3 Å². The summed E-state index contributed by atoms with van der Waals surface area (Å²) in [5, 5.41) is 0.143. The Labute approximate surface area is 146 Å². The van der Waals surface area contributed by atoms with E-state index in [2.05, 4.69) is 65.1 Å². The molecule has 0 saturated carbocycles. The third-order valence-corrected chi connectivity index (χ3v) is 10.1. The van der Waals surface area contributed by atoms with E-state index in [1.807, 2.05) is 0 Å². The number of ether oxygens (including phenoxy) is 1. The Bertz CT molecular complexity index is 506. The molecule has 0 fully saturated rings. The molecule has 0 aliphatic heterocycles. The average Bonchev–Trinajstić information content (AvgIpc) is 2.45. The quantitative estimate of drug-likeness (QED) is 0.285. The first-order valence-corrected chi connectivity index (χ1v) is 11.8. The van der Waals surface area contributed by atoms with E-state index in [4.69, 9.17) is 9.16 Å². The zero-order valence-electron chi connectivity index (χ0n) is 15.4. The third kappa shape index (κ3) is 6.69. The number of aryl methyl sites for hydroxylation is 1. The molecular formula is C18H30O3SSi. The molecule has 1 rings (SSSR count). The Morgan fingerprint density at radius 2 is 1.78 bits per heavy atom. The number of hydrogen-bond donors (Lipinski definition) is 0. The van der Waals surface area contributed by atoms with Crippen LogP contribution < -0.4 is 0 Å². The summed E-state index contributed by atoms with van der Waals surface area (Å²) in [6.45, 7) is 13.3. The van der Waals surface area contributed by atoms with Gasteiger partial charge in [-0.15, -0.1) is 0 Å². The molecule has 0 unspecified atom stereocenters. The maximum atomic E-state index is 11.5. The van der Waals surface area contributed by atoms with Gasteiger partial charge in [0.1, 0.15) is 0 Å². The number of methoxy groups -OCH3 is 1. The molecule has 0 saturated heterocycles. The number of rotatable bonds is 7. The Morgan fingerprint density at radius 1 is 1.22 bits per heavy atom. The first-order valence-electron chi connectivity index (χ1n) is 8.03. The number of carbonyl (C=O) groups is 1. The highest BCUT2D eigenvalue weighted by molar-refractivity contribution is 7.99. The molecule has 3 nitrogen and oxygen atoms in total. The van der Waals surface area contributed by atoms with Gasteiger partial charge in [-0.25, -0.2) is 0 Å². The van der Waals surface area contributed by atoms with Crippen LogP contribution in [-0.4, -0.2) is 26.8 Å². The minimum atomic E-state index is -1.89. The van der Waals surface area contributed by atoms with Crippen LogP contribution in [0.15, 0.2) is 29.2 Å². The van der Waals surface area contributed by atoms with Crippen molar-refractivity contribution in [1.29, 1.82) is 0 Å². The molecular weight excluding hydrogens is 324 g/mol. The fourth-order valence-electron chi connectivity index (χ4n) is 1.75. The molecule has 0 aliphatic rings. The second kappa shape index (κ2) is 8.35. The van der Waals surface area contributed by atoms with Crippen molar-refractivity contribution in [3.63, 3.8) is 0 Å². The molecule has 0 amide bonds. The minimum Gasteiger partial charge on any atom is -0.469 e. The summed E-state index contributed by atoms with van der Waals surface area (Å²) in [6.07, 6.45) is 1.05. The van der Waals surface area contributed by atoms with E-state index < -0.39 is 8.32 Å². The lowest BCUT2D eigenvalue weighted by molar-refractivity contribution is -0.140. The van der Waals surface area contributed by atoms with Crippen LogP contribution in [0.2, 0.25) is 18.1 Å². The maximum absolute atomic E-state index is 11.5. The van der Waals surface area contributed by atoms with E-state index in [1.54, 1.807) is 11.8 Å². The van der Waals surface area contributed by atoms with Gasteiger partial charge in [-0.2, -0.15) is 0 Å². The first kappa shape index (κ1) is 20.3. The first-order chi connectivity index (χ1) is 10.5. The van der Waals surface area contributed by atoms with Crippen LogP contribution in [0.3, 0.4) is 0 Å². The molecule has 130 valence electrons. The van der Waals surface area contributed by atoms with Crippen LogP contribution >= 0.6 is 11.8 Å². The van der Waals surface area contributed by atoms with Gasteiger partial charge in [0.05, 0.1) is 12.5 Å². The standard InChI is InChI=1S/C18H30O3SSi/c1-14-8-10-15(11-9-14)22-17(13-12-16(19)20-5)21-23(6,7)18(2,3)4/h8-11,17H,12-13H2,1-7H3/t17-/m0/s1. The lowest BCUT2D eigenvalue weighted by Crippen LogP contribution is -2.43. The lowest BCUT2D eigenvalue weighted by atomic mass is 10.2. The summed E-state index contributed by atoms with van der Waals surface area (Å²) in [4.78, 5) is 12.7. The Morgan fingerprint density at radius 3 is 2.26 bits per heavy atom. The summed E-state index contributed by atoms with van der Waals surface area (Å²) >= 11 is 1.70. The van der Waals surface area contributed by atoms with Crippen molar-refractivity contribution in [2.45, 2.75) is 69.0 Å². The molecule has 1 atom stereocenters. The van der Waals surface area contributed by atoms with Gasteiger partial charge in [-0.3, -0.25) is 4.79 Å². The SMILES string of the molecule is COC(=O)CC[C@@H](O[Si](C)(C)C(C)(C)C)Sc1ccc(C)cc1. The molecule has 0 aromatic heterocycles. The van der Waals surface area contributed by atoms with Crippen molar-refractivity contribution in [2.24, 2.45) is 0 Å². The fraction of sp³-hybridized carbons (Fsp3) is 0.611. The van der Waals surface area contributed by atoms with Crippen molar-refractivity contribution >= 4 is 26.0 Å². The molecule has 1 aromatic rings. The smallest absolute Gasteiger partial charge is 0.305 e. The highest BCUT2D eigenvalue weighted by Gasteiger charge is 2.39. The molecule has 0 heterocycles. The predicted molar refractivity (Wildman–Crippen MR) is 100 cm³/mol. The van der Waals surface area contributed by atoms with Gasteiger partial charge in [0.15, 0.2) is 8.32 Å². The molecule has 0 bridgehead atoms. The topological polar surface area (TPSA) is 35.5 Å². The summed E-state index contributed by atoms with van der Waals surface area (Å²) in [5.74, 6) is -0.182. The van der Waals surface area contributed by atoms with Gasteiger partial charge in [0.25, 0.3) is 0 Å². The van der Waals surface area contributed by atoms with E-state index in [9.17, 15) is 4.79 Å². The Hall–Kier alpha value is -0.783. The summed E-state index contributed by atoms with van der Waals surface area (Å²) in [7, 11) is -0.458. The highest BCUT2D eigenvalue weighted by atomic mass is 32.2. The second-order valence-electron chi connectivity index (χ2n) is 7.35. The van der Waals surface area contributed by atoms with E-state index in [0.29, 0.717) is 12.8 Å². The van der Waals surface area contributed by atoms with Crippen molar-refractivity contribution < 1.29 is 14.0 Å². The van der Waals surface area contributed by atoms with Crippen LogP contribution in [0.25, 0.3) is 0 Å².